The number of amides is 1. The van der Waals surface area contributed by atoms with Crippen LogP contribution in [-0.2, 0) is 0 Å². The average Bonchev–Trinajstić information content (AvgIpc) is 2.90. The second-order valence-electron chi connectivity index (χ2n) is 10.3. The number of hydrogen-bond acceptors (Lipinski definition) is 12. The van der Waals surface area contributed by atoms with Crippen molar-refractivity contribution >= 4 is 46.7 Å². The van der Waals surface area contributed by atoms with E-state index in [1.807, 2.05) is 9.80 Å². The van der Waals surface area contributed by atoms with Gasteiger partial charge in [0.05, 0.1) is 5.02 Å². The number of nitrogens with zero attached hydrogens (tertiary/aromatic N) is 5. The Hall–Kier alpha value is -3.82. The van der Waals surface area contributed by atoms with Gasteiger partial charge in [0.2, 0.25) is 17.8 Å². The van der Waals surface area contributed by atoms with Gasteiger partial charge in [-0.05, 0) is 43.2 Å². The average molecular weight is 569 g/mol. The van der Waals surface area contributed by atoms with Crippen molar-refractivity contribution in [3.05, 3.63) is 57.5 Å². The molecule has 5 rings (SSSR count). The smallest absolute Gasteiger partial charge is 0.261 e. The van der Waals surface area contributed by atoms with Crippen LogP contribution in [0.25, 0.3) is 0 Å². The topological polar surface area (TPSA) is 223 Å². The molecule has 0 saturated carbocycles. The SMILES string of the molecule is NC1CC(N)CN(c2nc(Nc3ccc(NC(=O)c4cc(Cl)c[nH]c4=O)cc3)nc(N3CC(N)CC(N)C3)n2)C1. The van der Waals surface area contributed by atoms with E-state index >= 15 is 0 Å². The van der Waals surface area contributed by atoms with Crippen molar-refractivity contribution in [3.8, 4) is 0 Å². The first-order chi connectivity index (χ1) is 19.1. The molecule has 40 heavy (non-hydrogen) atoms. The second-order valence-corrected chi connectivity index (χ2v) is 10.7. The Morgan fingerprint density at radius 2 is 1.35 bits per heavy atom. The number of halogens is 1. The van der Waals surface area contributed by atoms with Crippen LogP contribution in [0.3, 0.4) is 0 Å². The van der Waals surface area contributed by atoms with Crippen molar-refractivity contribution < 1.29 is 4.79 Å². The Kier molecular flexibility index (Phi) is 8.14. The van der Waals surface area contributed by atoms with Crippen molar-refractivity contribution in [1.29, 1.82) is 0 Å². The monoisotopic (exact) mass is 568 g/mol. The predicted octanol–water partition coefficient (Wildman–Crippen LogP) is -0.0614. The molecule has 212 valence electrons. The standard InChI is InChI=1S/C25H33ClN12O2/c26-13-5-20(21(39)31-8-13)22(40)32-18-1-3-19(4-2-18)33-23-34-24(37-9-14(27)6-15(28)10-37)36-25(35-23)38-11-16(29)7-17(30)12-38/h1-5,8,14-17H,6-7,9-12,27-30H2,(H,31,39)(H,32,40)(H,33,34,35,36). The minimum Gasteiger partial charge on any atom is -0.338 e. The Morgan fingerprint density at radius 1 is 0.850 bits per heavy atom. The van der Waals surface area contributed by atoms with Crippen LogP contribution in [0.5, 0.6) is 0 Å². The first-order valence-corrected chi connectivity index (χ1v) is 13.4. The van der Waals surface area contributed by atoms with Gasteiger partial charge in [0.1, 0.15) is 5.56 Å². The number of carbonyl (C=O) groups is 1. The highest BCUT2D eigenvalue weighted by Gasteiger charge is 2.28. The van der Waals surface area contributed by atoms with Crippen molar-refractivity contribution in [2.24, 2.45) is 22.9 Å². The van der Waals surface area contributed by atoms with Crippen molar-refractivity contribution in [1.82, 2.24) is 19.9 Å². The second kappa shape index (κ2) is 11.7. The van der Waals surface area contributed by atoms with Gasteiger partial charge < -0.3 is 48.4 Å². The Labute approximate surface area is 235 Å². The molecule has 2 aliphatic heterocycles. The highest BCUT2D eigenvalue weighted by Crippen LogP contribution is 2.24. The lowest BCUT2D eigenvalue weighted by Crippen LogP contribution is -2.54. The number of aromatic nitrogens is 4. The molecule has 2 fully saturated rings. The molecule has 14 nitrogen and oxygen atoms in total. The summed E-state index contributed by atoms with van der Waals surface area (Å²) in [6.07, 6.45) is 2.77. The zero-order valence-corrected chi connectivity index (χ0v) is 22.5. The van der Waals surface area contributed by atoms with E-state index in [2.05, 4.69) is 25.6 Å². The van der Waals surface area contributed by atoms with E-state index in [1.54, 1.807) is 24.3 Å². The molecule has 2 aliphatic rings. The Morgan fingerprint density at radius 3 is 1.88 bits per heavy atom. The number of nitrogens with two attached hydrogens (primary N) is 4. The molecular formula is C25H33ClN12O2. The normalized spacial score (nSPS) is 23.1. The molecule has 11 N–H and O–H groups in total. The number of rotatable bonds is 6. The summed E-state index contributed by atoms with van der Waals surface area (Å²) in [7, 11) is 0. The lowest BCUT2D eigenvalue weighted by molar-refractivity contribution is 0.102. The molecule has 3 aromatic rings. The molecular weight excluding hydrogens is 536 g/mol. The highest BCUT2D eigenvalue weighted by atomic mass is 35.5. The van der Waals surface area contributed by atoms with Crippen LogP contribution in [0.2, 0.25) is 5.02 Å². The number of aromatic amines is 1. The number of nitrogens with one attached hydrogen (secondary N) is 3. The van der Waals surface area contributed by atoms with Gasteiger partial charge >= 0.3 is 0 Å². The van der Waals surface area contributed by atoms with Gasteiger partial charge in [0.15, 0.2) is 0 Å². The van der Waals surface area contributed by atoms with Crippen LogP contribution in [0.4, 0.5) is 29.2 Å². The molecule has 0 radical (unpaired) electrons. The Bertz CT molecular complexity index is 1350. The lowest BCUT2D eigenvalue weighted by Gasteiger charge is -2.37. The molecule has 4 heterocycles. The minimum atomic E-state index is -0.577. The Balaban J connectivity index is 1.37. The maximum Gasteiger partial charge on any atom is 0.261 e. The number of carbonyl (C=O) groups excluding carboxylic acids is 1. The number of H-pyrrole nitrogens is 1. The lowest BCUT2D eigenvalue weighted by atomic mass is 10.0. The molecule has 4 atom stereocenters. The van der Waals surface area contributed by atoms with Gasteiger partial charge in [-0.2, -0.15) is 15.0 Å². The third-order valence-corrected chi connectivity index (χ3v) is 6.94. The predicted molar refractivity (Wildman–Crippen MR) is 155 cm³/mol. The van der Waals surface area contributed by atoms with E-state index in [-0.39, 0.29) is 34.8 Å². The van der Waals surface area contributed by atoms with Crippen molar-refractivity contribution in [3.63, 3.8) is 0 Å². The van der Waals surface area contributed by atoms with E-state index in [1.165, 1.54) is 12.3 Å². The van der Waals surface area contributed by atoms with Crippen LogP contribution in [0.1, 0.15) is 23.2 Å². The number of benzene rings is 1. The summed E-state index contributed by atoms with van der Waals surface area (Å²) in [6.45, 7) is 2.28. The summed E-state index contributed by atoms with van der Waals surface area (Å²) in [5, 5.41) is 6.15. The summed E-state index contributed by atoms with van der Waals surface area (Å²) in [6, 6.07) is 7.81. The fourth-order valence-corrected chi connectivity index (χ4v) is 5.13. The summed E-state index contributed by atoms with van der Waals surface area (Å²) in [5.74, 6) is 0.665. The molecule has 0 bridgehead atoms. The van der Waals surface area contributed by atoms with E-state index in [4.69, 9.17) is 39.5 Å². The van der Waals surface area contributed by atoms with Gasteiger partial charge in [-0.15, -0.1) is 0 Å². The third-order valence-electron chi connectivity index (χ3n) is 6.72. The first-order valence-electron chi connectivity index (χ1n) is 13.0. The molecule has 15 heteroatoms. The summed E-state index contributed by atoms with van der Waals surface area (Å²) in [5.41, 5.74) is 25.4. The molecule has 0 spiro atoms. The highest BCUT2D eigenvalue weighted by molar-refractivity contribution is 6.30. The summed E-state index contributed by atoms with van der Waals surface area (Å²) >= 11 is 5.91. The molecule has 2 saturated heterocycles. The van der Waals surface area contributed by atoms with Crippen LogP contribution >= 0.6 is 11.6 Å². The molecule has 1 amide bonds. The van der Waals surface area contributed by atoms with Gasteiger partial charge in [0, 0.05) is 67.9 Å². The van der Waals surface area contributed by atoms with Crippen LogP contribution in [0, 0.1) is 0 Å². The van der Waals surface area contributed by atoms with E-state index in [0.717, 1.165) is 12.8 Å². The maximum atomic E-state index is 12.6. The van der Waals surface area contributed by atoms with Crippen LogP contribution in [-0.4, -0.2) is 76.2 Å². The molecule has 0 aliphatic carbocycles. The number of piperidine rings is 2. The minimum absolute atomic E-state index is 0.0887. The van der Waals surface area contributed by atoms with E-state index < -0.39 is 11.5 Å². The summed E-state index contributed by atoms with van der Waals surface area (Å²) in [4.78, 5) is 44.9. The van der Waals surface area contributed by atoms with Crippen LogP contribution in [0.15, 0.2) is 41.3 Å². The largest absolute Gasteiger partial charge is 0.338 e. The first kappa shape index (κ1) is 27.7. The zero-order valence-electron chi connectivity index (χ0n) is 21.8. The number of pyridine rings is 1. The molecule has 2 aromatic heterocycles. The summed E-state index contributed by atoms with van der Waals surface area (Å²) < 4.78 is 0. The molecule has 1 aromatic carbocycles. The van der Waals surface area contributed by atoms with E-state index in [9.17, 15) is 9.59 Å². The van der Waals surface area contributed by atoms with Crippen molar-refractivity contribution in [2.75, 3.05) is 46.6 Å². The zero-order chi connectivity index (χ0) is 28.4. The molecule has 4 unspecified atom stereocenters. The van der Waals surface area contributed by atoms with Crippen LogP contribution < -0.4 is 48.9 Å². The fraction of sp³-hybridized carbons (Fsp3) is 0.400. The third kappa shape index (κ3) is 6.66. The fourth-order valence-electron chi connectivity index (χ4n) is 4.97. The quantitative estimate of drug-likeness (QED) is 0.208. The van der Waals surface area contributed by atoms with Gasteiger partial charge in [0.25, 0.3) is 11.5 Å². The maximum absolute atomic E-state index is 12.6. The van der Waals surface area contributed by atoms with Gasteiger partial charge in [-0.1, -0.05) is 11.6 Å². The van der Waals surface area contributed by atoms with Gasteiger partial charge in [-0.3, -0.25) is 9.59 Å². The van der Waals surface area contributed by atoms with Crippen molar-refractivity contribution in [2.45, 2.75) is 37.0 Å². The van der Waals surface area contributed by atoms with E-state index in [0.29, 0.717) is 55.4 Å². The number of hydrogen-bond donors (Lipinski definition) is 7. The number of anilines is 5. The van der Waals surface area contributed by atoms with Gasteiger partial charge in [-0.25, -0.2) is 0 Å².